The van der Waals surface area contributed by atoms with Crippen molar-refractivity contribution in [3.63, 3.8) is 0 Å². The van der Waals surface area contributed by atoms with E-state index in [1.54, 1.807) is 24.3 Å². The molecule has 100 valence electrons. The number of aliphatic hydroxyl groups excluding tert-OH is 1. The van der Waals surface area contributed by atoms with Gasteiger partial charge in [-0.1, -0.05) is 11.8 Å². The third kappa shape index (κ3) is 3.57. The highest BCUT2D eigenvalue weighted by Gasteiger charge is 2.05. The summed E-state index contributed by atoms with van der Waals surface area (Å²) in [5, 5.41) is 11.3. The summed E-state index contributed by atoms with van der Waals surface area (Å²) in [4.78, 5) is 25.2. The summed E-state index contributed by atoms with van der Waals surface area (Å²) in [7, 11) is 0. The number of hydrogen-bond acceptors (Lipinski definition) is 3. The molecule has 5 heteroatoms. The Balaban J connectivity index is 2.08. The predicted molar refractivity (Wildman–Crippen MR) is 75.4 cm³/mol. The van der Waals surface area contributed by atoms with E-state index in [9.17, 15) is 9.59 Å². The van der Waals surface area contributed by atoms with E-state index >= 15 is 0 Å². The third-order valence-corrected chi connectivity index (χ3v) is 2.50. The lowest BCUT2D eigenvalue weighted by Crippen LogP contribution is -2.14. The van der Waals surface area contributed by atoms with Crippen LogP contribution in [0.1, 0.15) is 15.9 Å². The molecule has 0 aliphatic rings. The second-order valence-corrected chi connectivity index (χ2v) is 3.93. The smallest absolute Gasteiger partial charge is 0.257 e. The Kier molecular flexibility index (Phi) is 4.32. The molecule has 2 aromatic rings. The first-order valence-electron chi connectivity index (χ1n) is 5.89. The largest absolute Gasteiger partial charge is 0.384 e. The van der Waals surface area contributed by atoms with Crippen LogP contribution in [0.2, 0.25) is 0 Å². The van der Waals surface area contributed by atoms with Crippen LogP contribution in [0.25, 0.3) is 0 Å². The molecule has 1 aromatic carbocycles. The number of hydrogen-bond donors (Lipinski definition) is 3. The van der Waals surface area contributed by atoms with Gasteiger partial charge in [0.25, 0.3) is 5.91 Å². The van der Waals surface area contributed by atoms with Crippen molar-refractivity contribution in [3.8, 4) is 11.8 Å². The van der Waals surface area contributed by atoms with E-state index in [0.29, 0.717) is 11.3 Å². The van der Waals surface area contributed by atoms with Crippen LogP contribution in [-0.2, 0) is 0 Å². The van der Waals surface area contributed by atoms with Crippen molar-refractivity contribution in [2.45, 2.75) is 0 Å². The summed E-state index contributed by atoms with van der Waals surface area (Å²) in [6, 6.07) is 9.66. The Morgan fingerprint density at radius 2 is 1.95 bits per heavy atom. The second-order valence-electron chi connectivity index (χ2n) is 3.93. The molecule has 3 N–H and O–H groups in total. The molecule has 0 saturated carbocycles. The molecule has 0 fully saturated rings. The fourth-order valence-corrected chi connectivity index (χ4v) is 1.53. The van der Waals surface area contributed by atoms with Crippen molar-refractivity contribution in [2.75, 3.05) is 11.9 Å². The Labute approximate surface area is 115 Å². The lowest BCUT2D eigenvalue weighted by molar-refractivity contribution is 0.102. The number of aromatic nitrogens is 1. The first kappa shape index (κ1) is 13.6. The summed E-state index contributed by atoms with van der Waals surface area (Å²) >= 11 is 0. The molecule has 0 spiro atoms. The molecule has 0 saturated heterocycles. The van der Waals surface area contributed by atoms with Crippen molar-refractivity contribution in [1.82, 2.24) is 4.98 Å². The number of aromatic amines is 1. The number of amides is 1. The standard InChI is InChI=1S/C15H12N2O3/c18-9-1-2-11-3-6-13(7-4-11)17-15(20)12-5-8-14(19)16-10-12/h3-8,10,18H,9H2,(H,16,19)(H,17,20). The Hall–Kier alpha value is -2.84. The number of anilines is 1. The molecule has 1 amide bonds. The van der Waals surface area contributed by atoms with Gasteiger partial charge in [0, 0.05) is 23.5 Å². The maximum atomic E-state index is 11.9. The quantitative estimate of drug-likeness (QED) is 0.710. The Bertz CT molecular complexity index is 701. The van der Waals surface area contributed by atoms with Crippen molar-refractivity contribution < 1.29 is 9.90 Å². The molecule has 0 aliphatic carbocycles. The summed E-state index contributed by atoms with van der Waals surface area (Å²) in [6.45, 7) is -0.190. The molecule has 20 heavy (non-hydrogen) atoms. The van der Waals surface area contributed by atoms with Crippen LogP contribution in [0.4, 0.5) is 5.69 Å². The van der Waals surface area contributed by atoms with Crippen LogP contribution in [0.3, 0.4) is 0 Å². The minimum Gasteiger partial charge on any atom is -0.384 e. The van der Waals surface area contributed by atoms with Crippen molar-refractivity contribution in [1.29, 1.82) is 0 Å². The summed E-state index contributed by atoms with van der Waals surface area (Å²) in [5.41, 5.74) is 1.49. The molecule has 0 unspecified atom stereocenters. The number of nitrogens with one attached hydrogen (secondary N) is 2. The van der Waals surface area contributed by atoms with Gasteiger partial charge >= 0.3 is 0 Å². The monoisotopic (exact) mass is 268 g/mol. The van der Waals surface area contributed by atoms with Crippen LogP contribution < -0.4 is 10.9 Å². The lowest BCUT2D eigenvalue weighted by Gasteiger charge is -2.04. The molecule has 0 atom stereocenters. The van der Waals surface area contributed by atoms with Gasteiger partial charge in [-0.05, 0) is 30.3 Å². The molecule has 0 aliphatic heterocycles. The van der Waals surface area contributed by atoms with Gasteiger partial charge in [0.2, 0.25) is 5.56 Å². The summed E-state index contributed by atoms with van der Waals surface area (Å²) < 4.78 is 0. The normalized spacial score (nSPS) is 9.45. The average Bonchev–Trinajstić information content (AvgIpc) is 2.47. The predicted octanol–water partition coefficient (Wildman–Crippen LogP) is 0.971. The zero-order chi connectivity index (χ0) is 14.4. The molecular formula is C15H12N2O3. The van der Waals surface area contributed by atoms with Gasteiger partial charge in [-0.15, -0.1) is 0 Å². The van der Waals surface area contributed by atoms with E-state index in [-0.39, 0.29) is 18.1 Å². The SMILES string of the molecule is O=C(Nc1ccc(C#CCO)cc1)c1ccc(=O)[nH]c1. The van der Waals surface area contributed by atoms with Gasteiger partial charge in [-0.3, -0.25) is 9.59 Å². The minimum atomic E-state index is -0.310. The highest BCUT2D eigenvalue weighted by Crippen LogP contribution is 2.10. The van der Waals surface area contributed by atoms with Crippen LogP contribution in [0, 0.1) is 11.8 Å². The van der Waals surface area contributed by atoms with Crippen molar-refractivity contribution >= 4 is 11.6 Å². The third-order valence-electron chi connectivity index (χ3n) is 2.50. The number of H-pyrrole nitrogens is 1. The molecule has 1 aromatic heterocycles. The van der Waals surface area contributed by atoms with Crippen molar-refractivity contribution in [3.05, 3.63) is 64.1 Å². The topological polar surface area (TPSA) is 82.2 Å². The van der Waals surface area contributed by atoms with Gasteiger partial charge in [0.05, 0.1) is 5.56 Å². The number of benzene rings is 1. The fourth-order valence-electron chi connectivity index (χ4n) is 1.53. The van der Waals surface area contributed by atoms with E-state index in [0.717, 1.165) is 5.56 Å². The van der Waals surface area contributed by atoms with E-state index in [2.05, 4.69) is 22.1 Å². The molecule has 1 heterocycles. The van der Waals surface area contributed by atoms with Gasteiger partial charge in [-0.2, -0.15) is 0 Å². The Morgan fingerprint density at radius 3 is 2.55 bits per heavy atom. The minimum absolute atomic E-state index is 0.190. The van der Waals surface area contributed by atoms with Gasteiger partial charge < -0.3 is 15.4 Å². The number of carbonyl (C=O) groups is 1. The highest BCUT2D eigenvalue weighted by molar-refractivity contribution is 6.04. The zero-order valence-corrected chi connectivity index (χ0v) is 10.5. The zero-order valence-electron chi connectivity index (χ0n) is 10.5. The number of rotatable bonds is 2. The first-order chi connectivity index (χ1) is 9.69. The van der Waals surface area contributed by atoms with E-state index in [4.69, 9.17) is 5.11 Å². The van der Waals surface area contributed by atoms with E-state index in [1.165, 1.54) is 18.3 Å². The average molecular weight is 268 g/mol. The van der Waals surface area contributed by atoms with E-state index < -0.39 is 0 Å². The summed E-state index contributed by atoms with van der Waals surface area (Å²) in [6.07, 6.45) is 1.36. The van der Waals surface area contributed by atoms with Gasteiger partial charge in [0.1, 0.15) is 6.61 Å². The van der Waals surface area contributed by atoms with Crippen LogP contribution >= 0.6 is 0 Å². The molecule has 5 nitrogen and oxygen atoms in total. The summed E-state index contributed by atoms with van der Waals surface area (Å²) in [5.74, 6) is 4.99. The number of aliphatic hydroxyl groups is 1. The first-order valence-corrected chi connectivity index (χ1v) is 5.89. The number of carbonyl (C=O) groups excluding carboxylic acids is 1. The molecule has 0 bridgehead atoms. The maximum Gasteiger partial charge on any atom is 0.257 e. The fraction of sp³-hybridized carbons (Fsp3) is 0.0667. The lowest BCUT2D eigenvalue weighted by atomic mass is 10.2. The maximum absolute atomic E-state index is 11.9. The highest BCUT2D eigenvalue weighted by atomic mass is 16.2. The molecular weight excluding hydrogens is 256 g/mol. The molecule has 2 rings (SSSR count). The van der Waals surface area contributed by atoms with E-state index in [1.807, 2.05) is 0 Å². The van der Waals surface area contributed by atoms with Crippen LogP contribution in [0.15, 0.2) is 47.4 Å². The van der Waals surface area contributed by atoms with Crippen LogP contribution in [-0.4, -0.2) is 22.6 Å². The van der Waals surface area contributed by atoms with Crippen LogP contribution in [0.5, 0.6) is 0 Å². The molecule has 0 radical (unpaired) electrons. The van der Waals surface area contributed by atoms with Crippen molar-refractivity contribution in [2.24, 2.45) is 0 Å². The van der Waals surface area contributed by atoms with Gasteiger partial charge in [-0.25, -0.2) is 0 Å². The number of pyridine rings is 1. The van der Waals surface area contributed by atoms with Gasteiger partial charge in [0.15, 0.2) is 0 Å². The Morgan fingerprint density at radius 1 is 1.20 bits per heavy atom. The second kappa shape index (κ2) is 6.36.